The van der Waals surface area contributed by atoms with E-state index in [1.165, 1.54) is 6.07 Å². The zero-order valence-corrected chi connectivity index (χ0v) is 9.71. The fraction of sp³-hybridized carbons (Fsp3) is 0.417. The van der Waals surface area contributed by atoms with E-state index in [1.807, 2.05) is 0 Å². The largest absolute Gasteiger partial charge is 0.508 e. The summed E-state index contributed by atoms with van der Waals surface area (Å²) in [4.78, 5) is 11.4. The monoisotopic (exact) mass is 222 g/mol. The van der Waals surface area contributed by atoms with Gasteiger partial charge in [-0.05, 0) is 25.0 Å². The third-order valence-corrected chi connectivity index (χ3v) is 2.28. The molecule has 1 rings (SSSR count). The van der Waals surface area contributed by atoms with Gasteiger partial charge in [-0.1, -0.05) is 19.4 Å². The number of aromatic hydroxyl groups is 1. The molecule has 0 radical (unpaired) electrons. The number of phenolic OH excluding ortho intramolecular Hbond substituents is 1. The van der Waals surface area contributed by atoms with E-state index in [0.717, 1.165) is 18.4 Å². The quantitative estimate of drug-likeness (QED) is 0.686. The first-order valence-electron chi connectivity index (χ1n) is 5.48. The maximum Gasteiger partial charge on any atom is 0.319 e. The number of phenols is 1. The minimum absolute atomic E-state index is 0.186. The Morgan fingerprint density at radius 3 is 2.81 bits per heavy atom. The Kier molecular flexibility index (Phi) is 4.64. The van der Waals surface area contributed by atoms with Gasteiger partial charge in [0.2, 0.25) is 0 Å². The highest BCUT2D eigenvalue weighted by Crippen LogP contribution is 2.20. The minimum atomic E-state index is -0.239. The Balaban J connectivity index is 2.46. The van der Waals surface area contributed by atoms with Gasteiger partial charge in [0.25, 0.3) is 0 Å². The Morgan fingerprint density at radius 2 is 2.19 bits per heavy atom. The third-order valence-electron chi connectivity index (χ3n) is 2.28. The van der Waals surface area contributed by atoms with Crippen LogP contribution in [0.2, 0.25) is 0 Å². The number of carbonyl (C=O) groups excluding carboxylic acids is 1. The average Bonchev–Trinajstić information content (AvgIpc) is 2.24. The summed E-state index contributed by atoms with van der Waals surface area (Å²) >= 11 is 0. The lowest BCUT2D eigenvalue weighted by Crippen LogP contribution is -2.29. The number of rotatable bonds is 4. The number of unbranched alkanes of at least 4 members (excludes halogenated alkanes) is 1. The Morgan fingerprint density at radius 1 is 1.44 bits per heavy atom. The SMILES string of the molecule is CCCCNC(=O)Nc1ccc(C)c(O)c1. The van der Waals surface area contributed by atoms with Crippen LogP contribution in [0.1, 0.15) is 25.3 Å². The van der Waals surface area contributed by atoms with Crippen LogP contribution >= 0.6 is 0 Å². The summed E-state index contributed by atoms with van der Waals surface area (Å²) in [7, 11) is 0. The van der Waals surface area contributed by atoms with Crippen LogP contribution in [0.3, 0.4) is 0 Å². The van der Waals surface area contributed by atoms with Gasteiger partial charge in [-0.15, -0.1) is 0 Å². The van der Waals surface area contributed by atoms with Gasteiger partial charge in [-0.3, -0.25) is 0 Å². The number of hydrogen-bond donors (Lipinski definition) is 3. The molecule has 0 aliphatic carbocycles. The molecule has 0 bridgehead atoms. The predicted molar refractivity (Wildman–Crippen MR) is 64.8 cm³/mol. The normalized spacial score (nSPS) is 9.88. The number of benzene rings is 1. The van der Waals surface area contributed by atoms with Crippen molar-refractivity contribution in [2.75, 3.05) is 11.9 Å². The molecule has 4 heteroatoms. The summed E-state index contributed by atoms with van der Waals surface area (Å²) in [6.45, 7) is 4.54. The summed E-state index contributed by atoms with van der Waals surface area (Å²) in [5.41, 5.74) is 1.38. The second-order valence-electron chi connectivity index (χ2n) is 3.74. The first-order chi connectivity index (χ1) is 7.63. The molecule has 1 aromatic rings. The predicted octanol–water partition coefficient (Wildman–Crippen LogP) is 2.62. The molecule has 88 valence electrons. The molecule has 0 aliphatic heterocycles. The van der Waals surface area contributed by atoms with E-state index in [-0.39, 0.29) is 11.8 Å². The van der Waals surface area contributed by atoms with Crippen molar-refractivity contribution in [3.8, 4) is 5.75 Å². The highest BCUT2D eigenvalue weighted by atomic mass is 16.3. The van der Waals surface area contributed by atoms with Crippen LogP contribution in [0.5, 0.6) is 5.75 Å². The van der Waals surface area contributed by atoms with Crippen LogP contribution in [0.15, 0.2) is 18.2 Å². The zero-order chi connectivity index (χ0) is 12.0. The molecule has 0 spiro atoms. The van der Waals surface area contributed by atoms with Gasteiger partial charge >= 0.3 is 6.03 Å². The van der Waals surface area contributed by atoms with E-state index in [0.29, 0.717) is 12.2 Å². The van der Waals surface area contributed by atoms with Gasteiger partial charge in [0.05, 0.1) is 0 Å². The highest BCUT2D eigenvalue weighted by molar-refractivity contribution is 5.89. The molecule has 0 heterocycles. The van der Waals surface area contributed by atoms with E-state index in [4.69, 9.17) is 0 Å². The summed E-state index contributed by atoms with van der Waals surface area (Å²) < 4.78 is 0. The molecular formula is C12H18N2O2. The average molecular weight is 222 g/mol. The lowest BCUT2D eigenvalue weighted by molar-refractivity contribution is 0.252. The van der Waals surface area contributed by atoms with Crippen molar-refractivity contribution in [1.29, 1.82) is 0 Å². The Bertz CT molecular complexity index is 364. The molecule has 1 aromatic carbocycles. The summed E-state index contributed by atoms with van der Waals surface area (Å²) in [6.07, 6.45) is 2.01. The second kappa shape index (κ2) is 6.00. The lowest BCUT2D eigenvalue weighted by atomic mass is 10.2. The molecule has 16 heavy (non-hydrogen) atoms. The van der Waals surface area contributed by atoms with Crippen LogP contribution < -0.4 is 10.6 Å². The fourth-order valence-corrected chi connectivity index (χ4v) is 1.24. The van der Waals surface area contributed by atoms with E-state index in [9.17, 15) is 9.90 Å². The van der Waals surface area contributed by atoms with E-state index >= 15 is 0 Å². The van der Waals surface area contributed by atoms with Gasteiger partial charge in [0.15, 0.2) is 0 Å². The summed E-state index contributed by atoms with van der Waals surface area (Å²) in [5.74, 6) is 0.186. The molecular weight excluding hydrogens is 204 g/mol. The van der Waals surface area contributed by atoms with Crippen molar-refractivity contribution in [3.63, 3.8) is 0 Å². The maximum atomic E-state index is 11.4. The molecule has 0 aliphatic rings. The summed E-state index contributed by atoms with van der Waals surface area (Å²) in [5, 5.41) is 14.8. The van der Waals surface area contributed by atoms with Gasteiger partial charge in [-0.25, -0.2) is 4.79 Å². The van der Waals surface area contributed by atoms with Crippen LogP contribution in [0.4, 0.5) is 10.5 Å². The molecule has 3 N–H and O–H groups in total. The van der Waals surface area contributed by atoms with Crippen molar-refractivity contribution in [2.45, 2.75) is 26.7 Å². The van der Waals surface area contributed by atoms with Crippen molar-refractivity contribution in [1.82, 2.24) is 5.32 Å². The topological polar surface area (TPSA) is 61.4 Å². The Labute approximate surface area is 95.7 Å². The molecule has 0 fully saturated rings. The molecule has 0 atom stereocenters. The van der Waals surface area contributed by atoms with Crippen molar-refractivity contribution in [2.24, 2.45) is 0 Å². The number of urea groups is 1. The lowest BCUT2D eigenvalue weighted by Gasteiger charge is -2.08. The smallest absolute Gasteiger partial charge is 0.319 e. The maximum absolute atomic E-state index is 11.4. The second-order valence-corrected chi connectivity index (χ2v) is 3.74. The molecule has 0 unspecified atom stereocenters. The fourth-order valence-electron chi connectivity index (χ4n) is 1.24. The Hall–Kier alpha value is -1.71. The zero-order valence-electron chi connectivity index (χ0n) is 9.71. The van der Waals surface area contributed by atoms with Crippen molar-refractivity contribution < 1.29 is 9.90 Å². The molecule has 0 saturated heterocycles. The van der Waals surface area contributed by atoms with Gasteiger partial charge in [0.1, 0.15) is 5.75 Å². The molecule has 2 amide bonds. The highest BCUT2D eigenvalue weighted by Gasteiger charge is 2.02. The first kappa shape index (κ1) is 12.4. The standard InChI is InChI=1S/C12H18N2O2/c1-3-4-7-13-12(16)14-10-6-5-9(2)11(15)8-10/h5-6,8,15H,3-4,7H2,1-2H3,(H2,13,14,16). The van der Waals surface area contributed by atoms with Crippen LogP contribution in [-0.2, 0) is 0 Å². The van der Waals surface area contributed by atoms with Gasteiger partial charge in [0, 0.05) is 18.3 Å². The third kappa shape index (κ3) is 3.81. The van der Waals surface area contributed by atoms with Crippen LogP contribution in [0.25, 0.3) is 0 Å². The molecule has 0 saturated carbocycles. The minimum Gasteiger partial charge on any atom is -0.508 e. The first-order valence-corrected chi connectivity index (χ1v) is 5.48. The number of amides is 2. The van der Waals surface area contributed by atoms with Crippen molar-refractivity contribution in [3.05, 3.63) is 23.8 Å². The summed E-state index contributed by atoms with van der Waals surface area (Å²) in [6, 6.07) is 4.82. The number of nitrogens with one attached hydrogen (secondary N) is 2. The molecule has 4 nitrogen and oxygen atoms in total. The van der Waals surface area contributed by atoms with Gasteiger partial charge in [-0.2, -0.15) is 0 Å². The molecule has 0 aromatic heterocycles. The van der Waals surface area contributed by atoms with Crippen LogP contribution in [0, 0.1) is 6.92 Å². The van der Waals surface area contributed by atoms with Gasteiger partial charge < -0.3 is 15.7 Å². The van der Waals surface area contributed by atoms with E-state index in [2.05, 4.69) is 17.6 Å². The number of hydrogen-bond acceptors (Lipinski definition) is 2. The number of carbonyl (C=O) groups is 1. The number of aryl methyl sites for hydroxylation is 1. The number of anilines is 1. The van der Waals surface area contributed by atoms with E-state index < -0.39 is 0 Å². The van der Waals surface area contributed by atoms with E-state index in [1.54, 1.807) is 19.1 Å². The van der Waals surface area contributed by atoms with Crippen LogP contribution in [-0.4, -0.2) is 17.7 Å². The van der Waals surface area contributed by atoms with Crippen molar-refractivity contribution >= 4 is 11.7 Å².